The second-order valence-corrected chi connectivity index (χ2v) is 6.38. The number of halogens is 1. The highest BCUT2D eigenvalue weighted by Crippen LogP contribution is 2.35. The number of benzene rings is 2. The predicted octanol–water partition coefficient (Wildman–Crippen LogP) is 4.24. The van der Waals surface area contributed by atoms with Crippen LogP contribution in [0, 0.1) is 0 Å². The van der Waals surface area contributed by atoms with Crippen LogP contribution in [0.3, 0.4) is 0 Å². The van der Waals surface area contributed by atoms with Crippen LogP contribution in [0.2, 0.25) is 0 Å². The highest BCUT2D eigenvalue weighted by Gasteiger charge is 2.01. The van der Waals surface area contributed by atoms with Crippen LogP contribution in [-0.2, 0) is 0 Å². The summed E-state index contributed by atoms with van der Waals surface area (Å²) >= 11 is 6.07. The molecule has 0 saturated heterocycles. The summed E-state index contributed by atoms with van der Waals surface area (Å²) in [6.07, 6.45) is 0. The quantitative estimate of drug-likeness (QED) is 0.682. The molecule has 2 aromatic carbocycles. The molecule has 0 aromatic heterocycles. The maximum atomic E-state index is 6.07. The third kappa shape index (κ3) is 2.59. The van der Waals surface area contributed by atoms with Crippen molar-refractivity contribution in [3.05, 3.63) is 54.6 Å². The van der Waals surface area contributed by atoms with Gasteiger partial charge < -0.3 is 0 Å². The molecule has 2 rings (SSSR count). The van der Waals surface area contributed by atoms with Crippen LogP contribution < -0.4 is 5.30 Å². The average Bonchev–Trinajstić information content (AvgIpc) is 2.30. The van der Waals surface area contributed by atoms with Gasteiger partial charge in [-0.2, -0.15) is 0 Å². The molecule has 0 N–H and O–H groups in total. The van der Waals surface area contributed by atoms with E-state index in [1.165, 1.54) is 16.4 Å². The summed E-state index contributed by atoms with van der Waals surface area (Å²) in [6.45, 7) is 2.05. The van der Waals surface area contributed by atoms with Crippen LogP contribution in [0.4, 0.5) is 0 Å². The zero-order chi connectivity index (χ0) is 10.7. The monoisotopic (exact) mass is 234 g/mol. The first-order valence-electron chi connectivity index (χ1n) is 4.82. The SMILES string of the molecule is CP(Cl)c1ccc(-c2ccccc2)cc1. The molecule has 2 heteroatoms. The molecule has 2 aromatic rings. The van der Waals surface area contributed by atoms with Crippen molar-refractivity contribution in [2.45, 2.75) is 0 Å². The molecule has 0 saturated carbocycles. The Kier molecular flexibility index (Phi) is 3.41. The van der Waals surface area contributed by atoms with Crippen LogP contribution in [0.25, 0.3) is 11.1 Å². The molecule has 15 heavy (non-hydrogen) atoms. The Labute approximate surface area is 96.4 Å². The van der Waals surface area contributed by atoms with Gasteiger partial charge in [0.2, 0.25) is 0 Å². The van der Waals surface area contributed by atoms with Gasteiger partial charge in [0, 0.05) is 7.27 Å². The number of hydrogen-bond acceptors (Lipinski definition) is 0. The topological polar surface area (TPSA) is 0 Å². The van der Waals surface area contributed by atoms with Gasteiger partial charge in [0.1, 0.15) is 0 Å². The number of hydrogen-bond donors (Lipinski definition) is 0. The summed E-state index contributed by atoms with van der Waals surface area (Å²) in [6, 6.07) is 18.9. The molecule has 0 radical (unpaired) electrons. The van der Waals surface area contributed by atoms with Crippen LogP contribution in [-0.4, -0.2) is 6.66 Å². The molecule has 0 aliphatic rings. The van der Waals surface area contributed by atoms with Crippen LogP contribution >= 0.6 is 18.5 Å². The third-order valence-electron chi connectivity index (χ3n) is 2.33. The van der Waals surface area contributed by atoms with Gasteiger partial charge in [-0.25, -0.2) is 0 Å². The average molecular weight is 235 g/mol. The molecule has 76 valence electrons. The van der Waals surface area contributed by atoms with Gasteiger partial charge in [-0.15, -0.1) is 0 Å². The minimum atomic E-state index is -0.505. The van der Waals surface area contributed by atoms with Gasteiger partial charge >= 0.3 is 0 Å². The van der Waals surface area contributed by atoms with Crippen molar-refractivity contribution in [1.82, 2.24) is 0 Å². The van der Waals surface area contributed by atoms with Crippen LogP contribution in [0.15, 0.2) is 54.6 Å². The van der Waals surface area contributed by atoms with E-state index in [1.807, 2.05) is 6.07 Å². The van der Waals surface area contributed by atoms with E-state index in [-0.39, 0.29) is 0 Å². The molecular weight excluding hydrogens is 223 g/mol. The van der Waals surface area contributed by atoms with Crippen molar-refractivity contribution >= 4 is 23.8 Å². The van der Waals surface area contributed by atoms with Crippen molar-refractivity contribution in [3.63, 3.8) is 0 Å². The van der Waals surface area contributed by atoms with E-state index in [2.05, 4.69) is 55.2 Å². The van der Waals surface area contributed by atoms with Crippen molar-refractivity contribution in [1.29, 1.82) is 0 Å². The fraction of sp³-hybridized carbons (Fsp3) is 0.0769. The second kappa shape index (κ2) is 4.79. The molecule has 0 nitrogen and oxygen atoms in total. The first-order chi connectivity index (χ1) is 7.27. The molecule has 0 spiro atoms. The standard InChI is InChI=1S/C13H12ClP/c1-15(14)13-9-7-12(8-10-13)11-5-3-2-4-6-11/h2-10H,1H3. The van der Waals surface area contributed by atoms with Gasteiger partial charge in [-0.05, 0) is 23.1 Å². The minimum absolute atomic E-state index is 0.505. The summed E-state index contributed by atoms with van der Waals surface area (Å²) in [5.74, 6) is 0. The van der Waals surface area contributed by atoms with Crippen molar-refractivity contribution in [3.8, 4) is 11.1 Å². The molecule has 0 amide bonds. The van der Waals surface area contributed by atoms with E-state index in [1.54, 1.807) is 0 Å². The predicted molar refractivity (Wildman–Crippen MR) is 70.2 cm³/mol. The summed E-state index contributed by atoms with van der Waals surface area (Å²) in [4.78, 5) is 0. The Morgan fingerprint density at radius 3 is 1.87 bits per heavy atom. The van der Waals surface area contributed by atoms with E-state index in [0.717, 1.165) is 0 Å². The third-order valence-corrected chi connectivity index (χ3v) is 3.93. The Morgan fingerprint density at radius 2 is 1.33 bits per heavy atom. The lowest BCUT2D eigenvalue weighted by molar-refractivity contribution is 1.64. The normalized spacial score (nSPS) is 12.4. The molecule has 0 heterocycles. The molecule has 0 fully saturated rings. The van der Waals surface area contributed by atoms with Gasteiger partial charge in [-0.1, -0.05) is 65.8 Å². The molecule has 0 aliphatic carbocycles. The Hall–Kier alpha value is -0.840. The van der Waals surface area contributed by atoms with Gasteiger partial charge in [-0.3, -0.25) is 0 Å². The second-order valence-electron chi connectivity index (χ2n) is 3.39. The highest BCUT2D eigenvalue weighted by atomic mass is 35.7. The zero-order valence-corrected chi connectivity index (χ0v) is 10.2. The van der Waals surface area contributed by atoms with E-state index in [0.29, 0.717) is 0 Å². The summed E-state index contributed by atoms with van der Waals surface area (Å²) in [7, 11) is -0.505. The fourth-order valence-corrected chi connectivity index (χ4v) is 2.39. The van der Waals surface area contributed by atoms with E-state index < -0.39 is 7.27 Å². The smallest absolute Gasteiger partial charge is 0.0180 e. The molecular formula is C13H12ClP. The molecule has 0 aliphatic heterocycles. The Balaban J connectivity index is 2.32. The summed E-state index contributed by atoms with van der Waals surface area (Å²) < 4.78 is 0. The lowest BCUT2D eigenvalue weighted by atomic mass is 10.1. The Bertz CT molecular complexity index is 420. The van der Waals surface area contributed by atoms with Gasteiger partial charge in [0.05, 0.1) is 0 Å². The molecule has 1 unspecified atom stereocenters. The van der Waals surface area contributed by atoms with E-state index in [4.69, 9.17) is 11.2 Å². The highest BCUT2D eigenvalue weighted by molar-refractivity contribution is 7.89. The van der Waals surface area contributed by atoms with E-state index >= 15 is 0 Å². The molecule has 1 atom stereocenters. The maximum Gasteiger partial charge on any atom is 0.0180 e. The first-order valence-corrected chi connectivity index (χ1v) is 7.52. The summed E-state index contributed by atoms with van der Waals surface area (Å²) in [5.41, 5.74) is 2.49. The fourth-order valence-electron chi connectivity index (χ4n) is 1.49. The van der Waals surface area contributed by atoms with Crippen LogP contribution in [0.1, 0.15) is 0 Å². The lowest BCUT2D eigenvalue weighted by Crippen LogP contribution is -1.94. The minimum Gasteiger partial charge on any atom is -0.0915 e. The zero-order valence-electron chi connectivity index (χ0n) is 8.52. The van der Waals surface area contributed by atoms with Gasteiger partial charge in [0.15, 0.2) is 0 Å². The van der Waals surface area contributed by atoms with Crippen molar-refractivity contribution in [2.75, 3.05) is 6.66 Å². The Morgan fingerprint density at radius 1 is 0.800 bits per heavy atom. The van der Waals surface area contributed by atoms with Gasteiger partial charge in [0.25, 0.3) is 0 Å². The maximum absolute atomic E-state index is 6.07. The first kappa shape index (κ1) is 10.7. The summed E-state index contributed by atoms with van der Waals surface area (Å²) in [5, 5.41) is 1.23. The van der Waals surface area contributed by atoms with Crippen molar-refractivity contribution in [2.24, 2.45) is 0 Å². The largest absolute Gasteiger partial charge is 0.0915 e. The van der Waals surface area contributed by atoms with Crippen LogP contribution in [0.5, 0.6) is 0 Å². The lowest BCUT2D eigenvalue weighted by Gasteiger charge is -2.05. The van der Waals surface area contributed by atoms with Crippen molar-refractivity contribution < 1.29 is 0 Å². The van der Waals surface area contributed by atoms with E-state index in [9.17, 15) is 0 Å². The molecule has 0 bridgehead atoms. The number of rotatable bonds is 2.